The van der Waals surface area contributed by atoms with Gasteiger partial charge in [-0.25, -0.2) is 4.98 Å². The Bertz CT molecular complexity index is 2040. The summed E-state index contributed by atoms with van der Waals surface area (Å²) in [6, 6.07) is 29.2. The van der Waals surface area contributed by atoms with Gasteiger partial charge < -0.3 is 4.42 Å². The van der Waals surface area contributed by atoms with Crippen molar-refractivity contribution in [2.75, 3.05) is 0 Å². The number of fused-ring (bicyclic) bond motifs is 4. The van der Waals surface area contributed by atoms with Crippen molar-refractivity contribution in [1.29, 1.82) is 0 Å². The molecule has 4 aromatic heterocycles. The summed E-state index contributed by atoms with van der Waals surface area (Å²) in [4.78, 5) is 4.95. The van der Waals surface area contributed by atoms with E-state index in [1.807, 2.05) is 30.3 Å². The first kappa shape index (κ1) is 19.9. The number of furan rings is 1. The van der Waals surface area contributed by atoms with E-state index in [0.717, 1.165) is 59.7 Å². The van der Waals surface area contributed by atoms with E-state index in [4.69, 9.17) is 9.40 Å². The maximum atomic E-state index is 6.62. The Morgan fingerprint density at radius 1 is 0.722 bits per heavy atom. The number of aromatic nitrogens is 4. The monoisotopic (exact) mass is 500 g/mol. The van der Waals surface area contributed by atoms with Gasteiger partial charge in [-0.1, -0.05) is 48.5 Å². The Balaban J connectivity index is 1.49. The van der Waals surface area contributed by atoms with Gasteiger partial charge in [-0.2, -0.15) is 15.4 Å². The summed E-state index contributed by atoms with van der Waals surface area (Å²) in [7, 11) is 0. The highest BCUT2D eigenvalue weighted by Gasteiger charge is 2.24. The molecule has 8 rings (SSSR count). The van der Waals surface area contributed by atoms with Crippen molar-refractivity contribution in [1.82, 2.24) is 20.4 Å². The number of nitrogens with zero attached hydrogens (tertiary/aromatic N) is 3. The zero-order valence-corrected chi connectivity index (χ0v) is 20.4. The molecule has 0 saturated carbocycles. The van der Waals surface area contributed by atoms with Crippen LogP contribution in [0.15, 0.2) is 94.7 Å². The maximum Gasteiger partial charge on any atom is 0.171 e. The predicted molar refractivity (Wildman–Crippen MR) is 149 cm³/mol. The number of hydrogen-bond acceptors (Lipinski definition) is 6. The fourth-order valence-electron chi connectivity index (χ4n) is 4.95. The van der Waals surface area contributed by atoms with Gasteiger partial charge >= 0.3 is 0 Å². The van der Waals surface area contributed by atoms with E-state index >= 15 is 0 Å². The molecule has 0 fully saturated rings. The summed E-state index contributed by atoms with van der Waals surface area (Å²) in [5.41, 5.74) is 7.87. The van der Waals surface area contributed by atoms with Gasteiger partial charge in [-0.05, 0) is 52.9 Å². The van der Waals surface area contributed by atoms with Gasteiger partial charge in [0.25, 0.3) is 0 Å². The molecule has 0 aliphatic rings. The second-order valence-corrected chi connectivity index (χ2v) is 10.6. The molecule has 5 nitrogen and oxygen atoms in total. The van der Waals surface area contributed by atoms with Gasteiger partial charge in [0.05, 0.1) is 10.2 Å². The molecule has 0 aliphatic carbocycles. The number of H-pyrrole nitrogens is 1. The number of aromatic amines is 1. The van der Waals surface area contributed by atoms with Crippen LogP contribution in [0.4, 0.5) is 0 Å². The van der Waals surface area contributed by atoms with Crippen molar-refractivity contribution < 1.29 is 4.42 Å². The molecule has 0 bridgehead atoms. The fourth-order valence-corrected chi connectivity index (χ4v) is 6.86. The van der Waals surface area contributed by atoms with E-state index in [9.17, 15) is 0 Å². The van der Waals surface area contributed by atoms with Crippen molar-refractivity contribution in [3.63, 3.8) is 0 Å². The van der Waals surface area contributed by atoms with Crippen molar-refractivity contribution in [2.45, 2.75) is 0 Å². The number of hydrogen-bond donors (Lipinski definition) is 1. The average Bonchev–Trinajstić information content (AvgIpc) is 3.71. The maximum absolute atomic E-state index is 6.62. The highest BCUT2D eigenvalue weighted by molar-refractivity contribution is 7.21. The Kier molecular flexibility index (Phi) is 4.20. The molecule has 0 amide bonds. The third-order valence-corrected chi connectivity index (χ3v) is 8.58. The van der Waals surface area contributed by atoms with Crippen LogP contribution in [0, 0.1) is 0 Å². The average molecular weight is 501 g/mol. The Morgan fingerprint density at radius 3 is 2.53 bits per heavy atom. The van der Waals surface area contributed by atoms with Crippen molar-refractivity contribution in [3.05, 3.63) is 90.3 Å². The van der Waals surface area contributed by atoms with Crippen LogP contribution < -0.4 is 0 Å². The molecule has 0 unspecified atom stereocenters. The lowest BCUT2D eigenvalue weighted by molar-refractivity contribution is 0.632. The second-order valence-electron chi connectivity index (χ2n) is 8.64. The van der Waals surface area contributed by atoms with Crippen LogP contribution in [-0.2, 0) is 0 Å². The Morgan fingerprint density at radius 2 is 1.58 bits per heavy atom. The van der Waals surface area contributed by atoms with Gasteiger partial charge in [0.1, 0.15) is 16.6 Å². The molecule has 8 aromatic rings. The topological polar surface area (TPSA) is 67.6 Å². The summed E-state index contributed by atoms with van der Waals surface area (Å²) in [6.45, 7) is 0. The zero-order valence-electron chi connectivity index (χ0n) is 18.7. The molecule has 4 aromatic carbocycles. The fraction of sp³-hybridized carbons (Fsp3) is 0. The van der Waals surface area contributed by atoms with E-state index in [1.165, 1.54) is 15.6 Å². The number of rotatable bonds is 3. The van der Waals surface area contributed by atoms with Crippen LogP contribution in [0.5, 0.6) is 0 Å². The van der Waals surface area contributed by atoms with Crippen LogP contribution in [0.25, 0.3) is 75.3 Å². The SMILES string of the molecule is c1ccc2sc(-c3oc4cccc(-c5csc6ccccc56)c4c3-c3ccc4n[nH]nc4c3)nc2c1. The van der Waals surface area contributed by atoms with Gasteiger partial charge in [0.15, 0.2) is 10.8 Å². The lowest BCUT2D eigenvalue weighted by atomic mass is 9.94. The van der Waals surface area contributed by atoms with Crippen LogP contribution in [-0.4, -0.2) is 20.4 Å². The van der Waals surface area contributed by atoms with Crippen molar-refractivity contribution in [3.8, 4) is 33.0 Å². The first-order chi connectivity index (χ1) is 17.8. The van der Waals surface area contributed by atoms with E-state index < -0.39 is 0 Å². The van der Waals surface area contributed by atoms with Gasteiger partial charge in [0, 0.05) is 26.6 Å². The third kappa shape index (κ3) is 2.90. The molecule has 0 saturated heterocycles. The molecule has 4 heterocycles. The molecule has 0 atom stereocenters. The molecule has 1 N–H and O–H groups in total. The minimum Gasteiger partial charge on any atom is -0.453 e. The first-order valence-electron chi connectivity index (χ1n) is 11.5. The van der Waals surface area contributed by atoms with Crippen LogP contribution in [0.1, 0.15) is 0 Å². The van der Waals surface area contributed by atoms with Crippen LogP contribution >= 0.6 is 22.7 Å². The standard InChI is InChI=1S/C29H16N4OS2/c1-3-10-24-17(6-1)19(15-35-24)18-7-5-9-23-27(18)26(16-12-13-20-22(14-16)32-33-31-20)28(34-23)29-30-21-8-2-4-11-25(21)36-29/h1-15H,(H,31,32,33). The number of thiazole rings is 1. The molecule has 0 spiro atoms. The molecule has 36 heavy (non-hydrogen) atoms. The van der Waals surface area contributed by atoms with Crippen molar-refractivity contribution in [2.24, 2.45) is 0 Å². The summed E-state index contributed by atoms with van der Waals surface area (Å²) in [5, 5.41) is 16.7. The molecule has 7 heteroatoms. The minimum absolute atomic E-state index is 0.779. The largest absolute Gasteiger partial charge is 0.453 e. The van der Waals surface area contributed by atoms with Crippen LogP contribution in [0.2, 0.25) is 0 Å². The van der Waals surface area contributed by atoms with Gasteiger partial charge in [-0.3, -0.25) is 0 Å². The van der Waals surface area contributed by atoms with E-state index in [2.05, 4.69) is 75.4 Å². The van der Waals surface area contributed by atoms with E-state index in [-0.39, 0.29) is 0 Å². The molecule has 0 radical (unpaired) electrons. The zero-order chi connectivity index (χ0) is 23.6. The quantitative estimate of drug-likeness (QED) is 0.264. The van der Waals surface area contributed by atoms with E-state index in [0.29, 0.717) is 0 Å². The highest BCUT2D eigenvalue weighted by atomic mass is 32.1. The van der Waals surface area contributed by atoms with Gasteiger partial charge in [-0.15, -0.1) is 22.7 Å². The number of benzene rings is 4. The lowest BCUT2D eigenvalue weighted by Crippen LogP contribution is -1.84. The second kappa shape index (κ2) is 7.58. The smallest absolute Gasteiger partial charge is 0.171 e. The first-order valence-corrected chi connectivity index (χ1v) is 13.2. The van der Waals surface area contributed by atoms with Crippen LogP contribution in [0.3, 0.4) is 0 Å². The molecular weight excluding hydrogens is 484 g/mol. The Labute approximate surface area is 212 Å². The number of para-hydroxylation sites is 1. The summed E-state index contributed by atoms with van der Waals surface area (Å²) in [5.74, 6) is 0.779. The van der Waals surface area contributed by atoms with Crippen molar-refractivity contribution >= 4 is 65.0 Å². The predicted octanol–water partition coefficient (Wildman–Crippen LogP) is 8.53. The highest BCUT2D eigenvalue weighted by Crippen LogP contribution is 2.48. The molecule has 170 valence electrons. The number of nitrogens with one attached hydrogen (secondary N) is 1. The molecule has 0 aliphatic heterocycles. The summed E-state index contributed by atoms with van der Waals surface area (Å²) < 4.78 is 9.02. The third-order valence-electron chi connectivity index (χ3n) is 6.58. The summed E-state index contributed by atoms with van der Waals surface area (Å²) >= 11 is 3.41. The minimum atomic E-state index is 0.779. The molecular formula is C29H16N4OS2. The number of thiophene rings is 1. The Hall–Kier alpha value is -4.33. The lowest BCUT2D eigenvalue weighted by Gasteiger charge is -2.07. The van der Waals surface area contributed by atoms with Gasteiger partial charge in [0.2, 0.25) is 0 Å². The normalized spacial score (nSPS) is 11.9. The summed E-state index contributed by atoms with van der Waals surface area (Å²) in [6.07, 6.45) is 0. The van der Waals surface area contributed by atoms with E-state index in [1.54, 1.807) is 22.7 Å².